The van der Waals surface area contributed by atoms with Crippen LogP contribution in [-0.2, 0) is 23.1 Å². The minimum Gasteiger partial charge on any atom is -0.353 e. The molecule has 4 rings (SSSR count). The Balaban J connectivity index is 1.38. The maximum atomic E-state index is 12.7. The van der Waals surface area contributed by atoms with Gasteiger partial charge in [0.15, 0.2) is 0 Å². The lowest BCUT2D eigenvalue weighted by atomic mass is 10.3. The van der Waals surface area contributed by atoms with Gasteiger partial charge in [0, 0.05) is 43.8 Å². The van der Waals surface area contributed by atoms with Crippen molar-refractivity contribution in [2.45, 2.75) is 31.8 Å². The summed E-state index contributed by atoms with van der Waals surface area (Å²) in [4.78, 5) is 9.84. The van der Waals surface area contributed by atoms with E-state index in [0.29, 0.717) is 10.8 Å². The summed E-state index contributed by atoms with van der Waals surface area (Å²) in [5, 5.41) is 12.5. The van der Waals surface area contributed by atoms with Gasteiger partial charge in [0.1, 0.15) is 20.7 Å². The molecule has 0 unspecified atom stereocenters. The molecule has 4 heterocycles. The van der Waals surface area contributed by atoms with Crippen molar-refractivity contribution in [3.63, 3.8) is 0 Å². The third-order valence-corrected chi connectivity index (χ3v) is 8.59. The maximum Gasteiger partial charge on any atom is 0.242 e. The molecule has 166 valence electrons. The fraction of sp³-hybridized carbons (Fsp3) is 0.421. The summed E-state index contributed by atoms with van der Waals surface area (Å²) in [7, 11) is -3.69. The first-order valence-electron chi connectivity index (χ1n) is 9.76. The van der Waals surface area contributed by atoms with E-state index in [2.05, 4.69) is 29.7 Å². The molecule has 8 nitrogen and oxygen atoms in total. The molecule has 0 spiro atoms. The molecule has 0 aromatic carbocycles. The number of nitrogens with zero attached hydrogens (tertiary/aromatic N) is 5. The van der Waals surface area contributed by atoms with Crippen LogP contribution in [0.5, 0.6) is 0 Å². The van der Waals surface area contributed by atoms with E-state index in [1.807, 2.05) is 25.3 Å². The highest BCUT2D eigenvalue weighted by molar-refractivity contribution is 7.89. The van der Waals surface area contributed by atoms with Crippen LogP contribution in [0.25, 0.3) is 0 Å². The van der Waals surface area contributed by atoms with E-state index < -0.39 is 10.0 Å². The Labute approximate surface area is 195 Å². The summed E-state index contributed by atoms with van der Waals surface area (Å²) in [6.07, 6.45) is 1.38. The predicted octanol–water partition coefficient (Wildman–Crippen LogP) is 3.07. The number of hydrogen-bond acceptors (Lipinski definition) is 9. The van der Waals surface area contributed by atoms with Gasteiger partial charge in [-0.15, -0.1) is 32.9 Å². The highest BCUT2D eigenvalue weighted by atomic mass is 35.5. The van der Waals surface area contributed by atoms with Gasteiger partial charge in [0.2, 0.25) is 10.0 Å². The molecule has 3 aromatic heterocycles. The number of aromatic nitrogens is 3. The van der Waals surface area contributed by atoms with E-state index in [0.717, 1.165) is 53.2 Å². The van der Waals surface area contributed by atoms with Crippen LogP contribution in [-0.4, -0.2) is 54.7 Å². The molecule has 1 aliphatic heterocycles. The number of pyridine rings is 1. The van der Waals surface area contributed by atoms with Crippen LogP contribution >= 0.6 is 34.3 Å². The molecule has 12 heteroatoms. The monoisotopic (exact) mass is 498 g/mol. The Kier molecular flexibility index (Phi) is 6.89. The molecular weight excluding hydrogens is 476 g/mol. The van der Waals surface area contributed by atoms with Gasteiger partial charge in [-0.25, -0.2) is 18.1 Å². The Hall–Kier alpha value is -1.63. The zero-order valence-electron chi connectivity index (χ0n) is 17.2. The van der Waals surface area contributed by atoms with E-state index in [-0.39, 0.29) is 11.4 Å². The molecule has 31 heavy (non-hydrogen) atoms. The molecule has 3 aromatic rings. The van der Waals surface area contributed by atoms with Gasteiger partial charge in [-0.2, -0.15) is 0 Å². The third-order valence-electron chi connectivity index (χ3n) is 5.10. The van der Waals surface area contributed by atoms with Crippen LogP contribution in [0.1, 0.15) is 20.5 Å². The fourth-order valence-corrected chi connectivity index (χ4v) is 6.34. The van der Waals surface area contributed by atoms with Crippen molar-refractivity contribution in [3.05, 3.63) is 49.2 Å². The van der Waals surface area contributed by atoms with E-state index in [4.69, 9.17) is 11.6 Å². The number of nitrogens with one attached hydrogen (secondary N) is 1. The minimum atomic E-state index is -3.69. The van der Waals surface area contributed by atoms with Crippen molar-refractivity contribution in [2.24, 2.45) is 0 Å². The Morgan fingerprint density at radius 2 is 1.97 bits per heavy atom. The van der Waals surface area contributed by atoms with Gasteiger partial charge < -0.3 is 4.90 Å². The number of thiophene rings is 1. The van der Waals surface area contributed by atoms with Crippen molar-refractivity contribution < 1.29 is 8.42 Å². The second-order valence-corrected chi connectivity index (χ2v) is 11.7. The molecule has 0 aliphatic carbocycles. The normalized spacial score (nSPS) is 15.5. The molecule has 0 saturated carbocycles. The van der Waals surface area contributed by atoms with Gasteiger partial charge >= 0.3 is 0 Å². The lowest BCUT2D eigenvalue weighted by Gasteiger charge is -2.35. The van der Waals surface area contributed by atoms with Crippen molar-refractivity contribution in [1.29, 1.82) is 0 Å². The molecule has 1 N–H and O–H groups in total. The van der Waals surface area contributed by atoms with Gasteiger partial charge in [0.05, 0.1) is 11.6 Å². The van der Waals surface area contributed by atoms with Crippen LogP contribution in [0.4, 0.5) is 5.82 Å². The molecular formula is C19H23ClN6O2S3. The number of halogens is 1. The van der Waals surface area contributed by atoms with Crippen LogP contribution < -0.4 is 9.62 Å². The lowest BCUT2D eigenvalue weighted by molar-refractivity contribution is 0.248. The molecule has 0 amide bonds. The summed E-state index contributed by atoms with van der Waals surface area (Å²) >= 11 is 9.58. The van der Waals surface area contributed by atoms with Crippen molar-refractivity contribution in [1.82, 2.24) is 24.8 Å². The smallest absolute Gasteiger partial charge is 0.242 e. The first-order valence-corrected chi connectivity index (χ1v) is 13.3. The molecule has 0 bridgehead atoms. The largest absolute Gasteiger partial charge is 0.353 e. The number of rotatable bonds is 7. The van der Waals surface area contributed by atoms with Crippen molar-refractivity contribution in [2.75, 3.05) is 31.1 Å². The number of aryl methyl sites for hydroxylation is 2. The average molecular weight is 499 g/mol. The SMILES string of the molecule is Cc1nnc(CN2CCN(c3ncc(S(=O)(=O)NCc4sccc4C)cc3Cl)CC2)s1. The summed E-state index contributed by atoms with van der Waals surface area (Å²) < 4.78 is 28.0. The standard InChI is InChI=1S/C19H23ClN6O2S3/c1-13-3-8-29-17(13)11-22-31(27,28)15-9-16(20)19(21-10-15)26-6-4-25(5-7-26)12-18-24-23-14(2)30-18/h3,8-10,22H,4-7,11-12H2,1-2H3. The number of anilines is 1. The van der Waals surface area contributed by atoms with Gasteiger partial charge in [-0.1, -0.05) is 11.6 Å². The Bertz CT molecular complexity index is 1160. The second kappa shape index (κ2) is 9.47. The zero-order chi connectivity index (χ0) is 22.0. The van der Waals surface area contributed by atoms with E-state index in [1.165, 1.54) is 23.6 Å². The van der Waals surface area contributed by atoms with Crippen LogP contribution in [0.15, 0.2) is 28.6 Å². The third kappa shape index (κ3) is 5.41. The first kappa shape index (κ1) is 22.6. The van der Waals surface area contributed by atoms with Crippen molar-refractivity contribution in [3.8, 4) is 0 Å². The van der Waals surface area contributed by atoms with Crippen LogP contribution in [0.2, 0.25) is 5.02 Å². The summed E-state index contributed by atoms with van der Waals surface area (Å²) in [5.74, 6) is 0.612. The molecule has 0 radical (unpaired) electrons. The number of sulfonamides is 1. The Morgan fingerprint density at radius 3 is 2.58 bits per heavy atom. The zero-order valence-corrected chi connectivity index (χ0v) is 20.4. The fourth-order valence-electron chi connectivity index (χ4n) is 3.33. The maximum absolute atomic E-state index is 12.7. The van der Waals surface area contributed by atoms with E-state index in [9.17, 15) is 8.42 Å². The highest BCUT2D eigenvalue weighted by Gasteiger charge is 2.23. The summed E-state index contributed by atoms with van der Waals surface area (Å²) in [5.41, 5.74) is 1.07. The summed E-state index contributed by atoms with van der Waals surface area (Å²) in [6, 6.07) is 3.44. The number of hydrogen-bond donors (Lipinski definition) is 1. The summed E-state index contributed by atoms with van der Waals surface area (Å²) in [6.45, 7) is 8.15. The minimum absolute atomic E-state index is 0.0701. The first-order chi connectivity index (χ1) is 14.8. The van der Waals surface area contributed by atoms with Gasteiger partial charge in [0.25, 0.3) is 0 Å². The van der Waals surface area contributed by atoms with E-state index >= 15 is 0 Å². The van der Waals surface area contributed by atoms with Crippen LogP contribution in [0.3, 0.4) is 0 Å². The average Bonchev–Trinajstić information content (AvgIpc) is 3.34. The van der Waals surface area contributed by atoms with Crippen LogP contribution in [0, 0.1) is 13.8 Å². The van der Waals surface area contributed by atoms with Crippen molar-refractivity contribution >= 4 is 50.1 Å². The number of piperazine rings is 1. The predicted molar refractivity (Wildman–Crippen MR) is 124 cm³/mol. The molecule has 1 fully saturated rings. The quantitative estimate of drug-likeness (QED) is 0.535. The molecule has 1 saturated heterocycles. The molecule has 0 atom stereocenters. The highest BCUT2D eigenvalue weighted by Crippen LogP contribution is 2.27. The van der Waals surface area contributed by atoms with E-state index in [1.54, 1.807) is 11.3 Å². The second-order valence-electron chi connectivity index (χ2n) is 7.31. The van der Waals surface area contributed by atoms with Gasteiger partial charge in [-0.05, 0) is 36.9 Å². The lowest BCUT2D eigenvalue weighted by Crippen LogP contribution is -2.46. The topological polar surface area (TPSA) is 91.3 Å². The Morgan fingerprint density at radius 1 is 1.19 bits per heavy atom. The molecule has 1 aliphatic rings. The van der Waals surface area contributed by atoms with Gasteiger partial charge in [-0.3, -0.25) is 4.90 Å².